The molecule has 0 aromatic heterocycles. The van der Waals surface area contributed by atoms with Crippen molar-refractivity contribution in [1.29, 1.82) is 0 Å². The highest BCUT2D eigenvalue weighted by molar-refractivity contribution is 5.78. The van der Waals surface area contributed by atoms with Crippen LogP contribution >= 0.6 is 0 Å². The number of amides is 1. The van der Waals surface area contributed by atoms with Crippen LogP contribution in [0.15, 0.2) is 146 Å². The summed E-state index contributed by atoms with van der Waals surface area (Å²) in [4.78, 5) is 13.9. The van der Waals surface area contributed by atoms with E-state index < -0.39 is 48.8 Å². The first-order valence-corrected chi connectivity index (χ1v) is 33.7. The van der Waals surface area contributed by atoms with E-state index in [4.69, 9.17) is 23.7 Å². The smallest absolute Gasteiger partial charge is 0.224 e. The summed E-state index contributed by atoms with van der Waals surface area (Å²) in [7, 11) is 0. The third-order valence-electron chi connectivity index (χ3n) is 16.6. The fourth-order valence-electron chi connectivity index (χ4n) is 11.4. The monoisotopic (exact) mass is 1160 g/mol. The van der Waals surface area contributed by atoms with Gasteiger partial charge >= 0.3 is 0 Å². The quantitative estimate of drug-likeness (QED) is 0.0296. The van der Waals surface area contributed by atoms with Crippen molar-refractivity contribution in [2.24, 2.45) is 0 Å². The fourth-order valence-corrected chi connectivity index (χ4v) is 11.4. The van der Waals surface area contributed by atoms with E-state index in [-0.39, 0.29) is 25.5 Å². The Labute approximate surface area is 510 Å². The van der Waals surface area contributed by atoms with Crippen molar-refractivity contribution < 1.29 is 38.7 Å². The van der Waals surface area contributed by atoms with Gasteiger partial charge in [0.1, 0.15) is 36.6 Å². The van der Waals surface area contributed by atoms with Crippen LogP contribution in [0.5, 0.6) is 0 Å². The Balaban J connectivity index is 1.28. The van der Waals surface area contributed by atoms with Crippen LogP contribution in [-0.4, -0.2) is 71.5 Å². The third-order valence-corrected chi connectivity index (χ3v) is 16.6. The SMILES string of the molecule is CCCCCCCCCCCCCCCCCC/C=C/CC(=O)N[C@@H](/C=C/[C@@H]1OC(COCc2ccccc2)[C@H](OCc2ccccc2)[C@H](OCc2ccccc2)C1OCc1ccccc1)[C@H](O)[C@H](O)CCCCCCCCCCCCCC. The van der Waals surface area contributed by atoms with Gasteiger partial charge in [-0.05, 0) is 41.5 Å². The minimum absolute atomic E-state index is 0.171. The summed E-state index contributed by atoms with van der Waals surface area (Å²) in [5, 5.41) is 26.9. The van der Waals surface area contributed by atoms with Crippen LogP contribution in [0.4, 0.5) is 0 Å². The lowest BCUT2D eigenvalue weighted by molar-refractivity contribution is -0.263. The summed E-state index contributed by atoms with van der Waals surface area (Å²) < 4.78 is 34.4. The molecule has 4 aromatic rings. The molecule has 0 spiro atoms. The summed E-state index contributed by atoms with van der Waals surface area (Å²) >= 11 is 0. The molecule has 1 fully saturated rings. The molecule has 4 aromatic carbocycles. The molecule has 84 heavy (non-hydrogen) atoms. The van der Waals surface area contributed by atoms with Gasteiger partial charge in [0.15, 0.2) is 0 Å². The van der Waals surface area contributed by atoms with E-state index in [2.05, 4.69) is 25.2 Å². The molecule has 1 aliphatic heterocycles. The summed E-state index contributed by atoms with van der Waals surface area (Å²) in [6.45, 7) is 6.00. The molecule has 0 bridgehead atoms. The minimum Gasteiger partial charge on any atom is -0.390 e. The average molecular weight is 1160 g/mol. The van der Waals surface area contributed by atoms with Crippen molar-refractivity contribution in [2.75, 3.05) is 6.61 Å². The van der Waals surface area contributed by atoms with E-state index in [9.17, 15) is 15.0 Å². The zero-order valence-electron chi connectivity index (χ0n) is 52.3. The van der Waals surface area contributed by atoms with Gasteiger partial charge in [-0.25, -0.2) is 0 Å². The standard InChI is InChI=1S/C75H113NO8/c1-3-5-7-9-11-13-15-17-18-19-20-21-22-23-25-27-29-31-45-55-71(78)76-67(72(79)68(77)54-44-30-28-26-24-16-14-12-10-8-6-4-2)56-57-69-73(81-59-64-48-38-33-39-49-64)75(83-61-66-52-42-35-43-53-66)74(82-60-65-50-40-34-41-51-65)70(84-69)62-80-58-63-46-36-32-37-47-63/h31-43,45-53,56-57,67-70,72-75,77,79H,3-30,44,54-55,58-62H2,1-2H3,(H,76,78)/b45-31+,57-56+/t67-,68+,69-,70?,72-,73?,74-,75+/m0/s1. The van der Waals surface area contributed by atoms with Gasteiger partial charge in [-0.3, -0.25) is 4.79 Å². The normalized spacial score (nSPS) is 18.4. The highest BCUT2D eigenvalue weighted by Crippen LogP contribution is 2.32. The number of allylic oxidation sites excluding steroid dienone is 1. The van der Waals surface area contributed by atoms with Gasteiger partial charge in [0.25, 0.3) is 0 Å². The van der Waals surface area contributed by atoms with Crippen molar-refractivity contribution in [1.82, 2.24) is 5.32 Å². The minimum atomic E-state index is -1.27. The fraction of sp³-hybridized carbons (Fsp3) is 0.613. The molecule has 8 atom stereocenters. The Bertz CT molecular complexity index is 2210. The topological polar surface area (TPSA) is 116 Å². The van der Waals surface area contributed by atoms with Crippen LogP contribution in [0.3, 0.4) is 0 Å². The lowest BCUT2D eigenvalue weighted by Crippen LogP contribution is -2.60. The molecule has 3 N–H and O–H groups in total. The number of hydrogen-bond acceptors (Lipinski definition) is 8. The molecule has 9 heteroatoms. The lowest BCUT2D eigenvalue weighted by Gasteiger charge is -2.45. The van der Waals surface area contributed by atoms with Gasteiger partial charge in [0.05, 0.1) is 45.2 Å². The molecule has 9 nitrogen and oxygen atoms in total. The number of unbranched alkanes of at least 4 members (excludes halogenated alkanes) is 27. The number of rotatable bonds is 50. The van der Waals surface area contributed by atoms with Crippen LogP contribution in [0, 0.1) is 0 Å². The second-order valence-corrected chi connectivity index (χ2v) is 23.9. The van der Waals surface area contributed by atoms with Crippen LogP contribution in [0.25, 0.3) is 0 Å². The van der Waals surface area contributed by atoms with E-state index in [0.717, 1.165) is 54.4 Å². The average Bonchev–Trinajstić information content (AvgIpc) is 3.42. The maximum Gasteiger partial charge on any atom is 0.224 e. The maximum atomic E-state index is 13.9. The number of ether oxygens (including phenoxy) is 5. The molecular formula is C75H113NO8. The molecule has 0 radical (unpaired) electrons. The van der Waals surface area contributed by atoms with E-state index in [0.29, 0.717) is 26.2 Å². The first-order chi connectivity index (χ1) is 41.4. The van der Waals surface area contributed by atoms with Crippen LogP contribution in [0.2, 0.25) is 0 Å². The molecule has 5 rings (SSSR count). The highest BCUT2D eigenvalue weighted by atomic mass is 16.6. The molecule has 0 saturated carbocycles. The van der Waals surface area contributed by atoms with Gasteiger partial charge in [-0.2, -0.15) is 0 Å². The van der Waals surface area contributed by atoms with Gasteiger partial charge in [0.2, 0.25) is 5.91 Å². The van der Waals surface area contributed by atoms with E-state index in [1.807, 2.05) is 133 Å². The van der Waals surface area contributed by atoms with Gasteiger partial charge in [-0.15, -0.1) is 0 Å². The lowest BCUT2D eigenvalue weighted by atomic mass is 9.92. The molecule has 0 aliphatic carbocycles. The Morgan fingerprint density at radius 2 is 0.857 bits per heavy atom. The van der Waals surface area contributed by atoms with Crippen molar-refractivity contribution in [3.63, 3.8) is 0 Å². The third kappa shape index (κ3) is 31.3. The van der Waals surface area contributed by atoms with Crippen molar-refractivity contribution >= 4 is 5.91 Å². The first kappa shape index (κ1) is 70.3. The van der Waals surface area contributed by atoms with E-state index in [1.165, 1.54) is 154 Å². The summed E-state index contributed by atoms with van der Waals surface area (Å²) in [5.74, 6) is -0.225. The number of hydrogen-bond donors (Lipinski definition) is 3. The highest BCUT2D eigenvalue weighted by Gasteiger charge is 2.48. The number of aliphatic hydroxyl groups excluding tert-OH is 2. The summed E-state index contributed by atoms with van der Waals surface area (Å²) in [5.41, 5.74) is 4.04. The van der Waals surface area contributed by atoms with Crippen LogP contribution in [-0.2, 0) is 54.9 Å². The molecule has 466 valence electrons. The molecule has 1 amide bonds. The van der Waals surface area contributed by atoms with Crippen molar-refractivity contribution in [3.05, 3.63) is 168 Å². The maximum absolute atomic E-state index is 13.9. The summed E-state index contributed by atoms with van der Waals surface area (Å²) in [6.07, 6.45) is 39.5. The number of carbonyl (C=O) groups excluding carboxylic acids is 1. The number of aliphatic hydroxyl groups is 2. The Hall–Kier alpha value is -4.45. The van der Waals surface area contributed by atoms with Crippen LogP contribution in [0.1, 0.15) is 235 Å². The number of benzene rings is 4. The second kappa shape index (κ2) is 46.7. The first-order valence-electron chi connectivity index (χ1n) is 33.7. The summed E-state index contributed by atoms with van der Waals surface area (Å²) in [6, 6.07) is 39.4. The van der Waals surface area contributed by atoms with Gasteiger partial charge < -0.3 is 39.2 Å². The zero-order valence-corrected chi connectivity index (χ0v) is 52.3. The van der Waals surface area contributed by atoms with E-state index >= 15 is 0 Å². The molecule has 1 aliphatic rings. The molecule has 1 heterocycles. The second-order valence-electron chi connectivity index (χ2n) is 23.9. The molecule has 2 unspecified atom stereocenters. The number of carbonyl (C=O) groups is 1. The van der Waals surface area contributed by atoms with Crippen molar-refractivity contribution in [2.45, 2.75) is 288 Å². The van der Waals surface area contributed by atoms with Gasteiger partial charge in [0, 0.05) is 6.42 Å². The Kier molecular flexibility index (Phi) is 39.1. The predicted molar refractivity (Wildman–Crippen MR) is 347 cm³/mol. The van der Waals surface area contributed by atoms with Crippen molar-refractivity contribution in [3.8, 4) is 0 Å². The Morgan fingerprint density at radius 1 is 0.476 bits per heavy atom. The Morgan fingerprint density at radius 3 is 1.30 bits per heavy atom. The largest absolute Gasteiger partial charge is 0.390 e. The van der Waals surface area contributed by atoms with E-state index in [1.54, 1.807) is 6.08 Å². The zero-order chi connectivity index (χ0) is 59.2. The number of nitrogens with one attached hydrogen (secondary N) is 1. The predicted octanol–water partition coefficient (Wildman–Crippen LogP) is 18.2. The molecule has 1 saturated heterocycles. The van der Waals surface area contributed by atoms with Gasteiger partial charge in [-0.1, -0.05) is 333 Å². The van der Waals surface area contributed by atoms with Crippen LogP contribution < -0.4 is 5.32 Å². The molecular weight excluding hydrogens is 1040 g/mol.